The SMILES string of the molecule is CC[B]N1CCN(c2cc(-c3ccccc3O)nnc2N)CC1. The third kappa shape index (κ3) is 3.39. The van der Waals surface area contributed by atoms with Gasteiger partial charge in [0.2, 0.25) is 7.41 Å². The fourth-order valence-corrected chi connectivity index (χ4v) is 2.87. The van der Waals surface area contributed by atoms with Crippen LogP contribution < -0.4 is 10.6 Å². The first-order valence-corrected chi connectivity index (χ1v) is 7.93. The second-order valence-corrected chi connectivity index (χ2v) is 5.63. The van der Waals surface area contributed by atoms with E-state index in [1.54, 1.807) is 12.1 Å². The molecule has 6 nitrogen and oxygen atoms in total. The number of nitrogens with two attached hydrogens (primary N) is 1. The largest absolute Gasteiger partial charge is 0.507 e. The van der Waals surface area contributed by atoms with Gasteiger partial charge in [0.1, 0.15) is 5.75 Å². The van der Waals surface area contributed by atoms with E-state index in [0.29, 0.717) is 17.1 Å². The highest BCUT2D eigenvalue weighted by Crippen LogP contribution is 2.31. The molecule has 0 bridgehead atoms. The fourth-order valence-electron chi connectivity index (χ4n) is 2.87. The molecular weight excluding hydrogens is 289 g/mol. The Bertz CT molecular complexity index is 673. The predicted molar refractivity (Wildman–Crippen MR) is 93.6 cm³/mol. The summed E-state index contributed by atoms with van der Waals surface area (Å²) in [6, 6.07) is 9.04. The Balaban J connectivity index is 1.83. The molecule has 0 saturated carbocycles. The van der Waals surface area contributed by atoms with Gasteiger partial charge in [-0.3, -0.25) is 0 Å². The van der Waals surface area contributed by atoms with Crippen LogP contribution in [0.5, 0.6) is 5.75 Å². The quantitative estimate of drug-likeness (QED) is 0.835. The Labute approximate surface area is 137 Å². The van der Waals surface area contributed by atoms with Crippen LogP contribution in [0.25, 0.3) is 11.3 Å². The van der Waals surface area contributed by atoms with Gasteiger partial charge in [0.05, 0.1) is 11.4 Å². The number of phenols is 1. The first-order valence-electron chi connectivity index (χ1n) is 7.93. The maximum absolute atomic E-state index is 10.0. The highest BCUT2D eigenvalue weighted by molar-refractivity contribution is 6.31. The van der Waals surface area contributed by atoms with Crippen LogP contribution in [0.3, 0.4) is 0 Å². The topological polar surface area (TPSA) is 78.5 Å². The van der Waals surface area contributed by atoms with Crippen molar-refractivity contribution in [3.8, 4) is 17.0 Å². The van der Waals surface area contributed by atoms with Gasteiger partial charge in [-0.05, 0) is 18.2 Å². The Morgan fingerprint density at radius 3 is 2.61 bits per heavy atom. The number of hydrogen-bond donors (Lipinski definition) is 2. The van der Waals surface area contributed by atoms with Crippen LogP contribution in [0.4, 0.5) is 11.5 Å². The number of nitrogen functional groups attached to an aromatic ring is 1. The molecule has 1 aromatic carbocycles. The minimum atomic E-state index is 0.194. The molecule has 1 aromatic heterocycles. The number of aromatic nitrogens is 2. The molecule has 1 aliphatic heterocycles. The molecule has 2 heterocycles. The van der Waals surface area contributed by atoms with Crippen molar-refractivity contribution in [1.82, 2.24) is 15.0 Å². The van der Waals surface area contributed by atoms with Crippen LogP contribution in [0.2, 0.25) is 6.32 Å². The van der Waals surface area contributed by atoms with Crippen molar-refractivity contribution in [2.24, 2.45) is 0 Å². The van der Waals surface area contributed by atoms with E-state index in [4.69, 9.17) is 5.73 Å². The van der Waals surface area contributed by atoms with Crippen molar-refractivity contribution in [3.05, 3.63) is 30.3 Å². The molecule has 1 fully saturated rings. The molecule has 3 N–H and O–H groups in total. The van der Waals surface area contributed by atoms with Gasteiger partial charge in [0, 0.05) is 31.7 Å². The van der Waals surface area contributed by atoms with Crippen LogP contribution >= 0.6 is 0 Å². The summed E-state index contributed by atoms with van der Waals surface area (Å²) in [5.74, 6) is 0.622. The van der Waals surface area contributed by atoms with Gasteiger partial charge in [-0.2, -0.15) is 0 Å². The van der Waals surface area contributed by atoms with Gasteiger partial charge >= 0.3 is 0 Å². The van der Waals surface area contributed by atoms with Gasteiger partial charge in [-0.1, -0.05) is 25.4 Å². The Kier molecular flexibility index (Phi) is 4.66. The number of benzene rings is 1. The summed E-state index contributed by atoms with van der Waals surface area (Å²) in [6.07, 6.45) is 1.05. The Hall–Kier alpha value is -2.28. The predicted octanol–water partition coefficient (Wildman–Crippen LogP) is 1.61. The van der Waals surface area contributed by atoms with E-state index in [9.17, 15) is 5.11 Å². The van der Waals surface area contributed by atoms with Crippen LogP contribution in [-0.4, -0.2) is 53.7 Å². The van der Waals surface area contributed by atoms with E-state index in [-0.39, 0.29) is 5.75 Å². The zero-order valence-corrected chi connectivity index (χ0v) is 13.3. The lowest BCUT2D eigenvalue weighted by atomic mass is 9.86. The van der Waals surface area contributed by atoms with Crippen molar-refractivity contribution in [3.63, 3.8) is 0 Å². The normalized spacial score (nSPS) is 15.6. The molecule has 23 heavy (non-hydrogen) atoms. The zero-order chi connectivity index (χ0) is 16.2. The van der Waals surface area contributed by atoms with Crippen molar-refractivity contribution < 1.29 is 5.11 Å². The molecule has 3 rings (SSSR count). The number of anilines is 2. The van der Waals surface area contributed by atoms with Crippen LogP contribution in [-0.2, 0) is 0 Å². The summed E-state index contributed by atoms with van der Waals surface area (Å²) in [6.45, 7) is 5.89. The first kappa shape index (κ1) is 15.6. The van der Waals surface area contributed by atoms with Gasteiger partial charge < -0.3 is 20.6 Å². The van der Waals surface area contributed by atoms with E-state index in [0.717, 1.165) is 38.2 Å². The average Bonchev–Trinajstić information content (AvgIpc) is 2.57. The van der Waals surface area contributed by atoms with Gasteiger partial charge in [0.15, 0.2) is 5.82 Å². The standard InChI is InChI=1S/C16H21BN5O/c1-2-17-22-9-7-21(8-10-22)14-11-13(19-20-16(14)18)12-5-3-4-6-15(12)23/h3-6,11,23H,2,7-10H2,1H3,(H2,18,20). The van der Waals surface area contributed by atoms with E-state index in [1.807, 2.05) is 18.2 Å². The van der Waals surface area contributed by atoms with Gasteiger partial charge in [-0.15, -0.1) is 10.2 Å². The molecule has 0 amide bonds. The molecule has 0 unspecified atom stereocenters. The Morgan fingerprint density at radius 2 is 1.91 bits per heavy atom. The molecule has 119 valence electrons. The van der Waals surface area contributed by atoms with Crippen molar-refractivity contribution in [2.75, 3.05) is 36.8 Å². The van der Waals surface area contributed by atoms with Crippen LogP contribution in [0.1, 0.15) is 6.92 Å². The summed E-state index contributed by atoms with van der Waals surface area (Å²) < 4.78 is 0. The molecule has 0 spiro atoms. The molecule has 7 heteroatoms. The molecule has 1 saturated heterocycles. The van der Waals surface area contributed by atoms with E-state index < -0.39 is 0 Å². The molecule has 1 aliphatic rings. The number of hydrogen-bond acceptors (Lipinski definition) is 6. The summed E-state index contributed by atoms with van der Waals surface area (Å²) in [5.41, 5.74) is 8.21. The lowest BCUT2D eigenvalue weighted by Crippen LogP contribution is -2.47. The van der Waals surface area contributed by atoms with E-state index in [2.05, 4.69) is 34.2 Å². The fraction of sp³-hybridized carbons (Fsp3) is 0.375. The Morgan fingerprint density at radius 1 is 1.17 bits per heavy atom. The smallest absolute Gasteiger partial charge is 0.208 e. The number of nitrogens with zero attached hydrogens (tertiary/aromatic N) is 4. The highest BCUT2D eigenvalue weighted by atomic mass is 16.3. The molecule has 1 radical (unpaired) electrons. The maximum atomic E-state index is 10.0. The van der Waals surface area contributed by atoms with E-state index >= 15 is 0 Å². The second kappa shape index (κ2) is 6.87. The van der Waals surface area contributed by atoms with Crippen LogP contribution in [0, 0.1) is 0 Å². The number of piperazine rings is 1. The highest BCUT2D eigenvalue weighted by Gasteiger charge is 2.20. The number of aromatic hydroxyl groups is 1. The summed E-state index contributed by atoms with van der Waals surface area (Å²) in [5, 5.41) is 18.2. The number of para-hydroxylation sites is 1. The average molecular weight is 310 g/mol. The summed E-state index contributed by atoms with van der Waals surface area (Å²) in [7, 11) is 2.24. The zero-order valence-electron chi connectivity index (χ0n) is 13.3. The molecular formula is C16H21BN5O. The van der Waals surface area contributed by atoms with Gasteiger partial charge in [-0.25, -0.2) is 0 Å². The van der Waals surface area contributed by atoms with Crippen LogP contribution in [0.15, 0.2) is 30.3 Å². The number of phenolic OH excluding ortho intramolecular Hbond substituents is 1. The number of rotatable bonds is 4. The third-order valence-corrected chi connectivity index (χ3v) is 4.08. The maximum Gasteiger partial charge on any atom is 0.208 e. The minimum absolute atomic E-state index is 0.194. The van der Waals surface area contributed by atoms with Crippen molar-refractivity contribution in [1.29, 1.82) is 0 Å². The molecule has 0 aliphatic carbocycles. The molecule has 2 aromatic rings. The first-order chi connectivity index (χ1) is 11.2. The minimum Gasteiger partial charge on any atom is -0.507 e. The third-order valence-electron chi connectivity index (χ3n) is 4.08. The molecule has 0 atom stereocenters. The van der Waals surface area contributed by atoms with Gasteiger partial charge in [0.25, 0.3) is 0 Å². The lowest BCUT2D eigenvalue weighted by molar-refractivity contribution is 0.406. The van der Waals surface area contributed by atoms with Crippen molar-refractivity contribution >= 4 is 18.9 Å². The van der Waals surface area contributed by atoms with E-state index in [1.165, 1.54) is 0 Å². The monoisotopic (exact) mass is 310 g/mol. The second-order valence-electron chi connectivity index (χ2n) is 5.63. The summed E-state index contributed by atoms with van der Waals surface area (Å²) in [4.78, 5) is 4.57. The summed E-state index contributed by atoms with van der Waals surface area (Å²) >= 11 is 0. The van der Waals surface area contributed by atoms with Crippen molar-refractivity contribution in [2.45, 2.75) is 13.2 Å². The lowest BCUT2D eigenvalue weighted by Gasteiger charge is -2.36.